The molecule has 1 aliphatic carbocycles. The van der Waals surface area contributed by atoms with Crippen molar-refractivity contribution in [1.82, 2.24) is 5.32 Å². The maximum atomic E-state index is 10.9. The average molecular weight is 159 g/mol. The lowest BCUT2D eigenvalue weighted by atomic mass is 10.3. The van der Waals surface area contributed by atoms with Gasteiger partial charge >= 0.3 is 0 Å². The zero-order valence-electron chi connectivity index (χ0n) is 6.13. The van der Waals surface area contributed by atoms with Gasteiger partial charge in [0, 0.05) is 6.42 Å². The van der Waals surface area contributed by atoms with Crippen molar-refractivity contribution in [1.29, 1.82) is 0 Å². The second-order valence-electron chi connectivity index (χ2n) is 2.89. The molecule has 1 atom stereocenters. The first kappa shape index (κ1) is 7.92. The van der Waals surface area contributed by atoms with Crippen molar-refractivity contribution in [2.24, 2.45) is 5.92 Å². The molecule has 0 bridgehead atoms. The molecule has 0 spiro atoms. The number of hydrogen-bond acceptors (Lipinski definition) is 2. The van der Waals surface area contributed by atoms with Gasteiger partial charge in [0.15, 0.2) is 0 Å². The van der Waals surface area contributed by atoms with Gasteiger partial charge in [-0.2, -0.15) is 12.6 Å². The maximum absolute atomic E-state index is 10.9. The standard InChI is InChI=1S/C7H13NOS/c1-5(10)8-7(9)4-6-2-3-6/h5-6,10H,2-4H2,1H3,(H,8,9). The number of carbonyl (C=O) groups excluding carboxylic acids is 1. The molecule has 10 heavy (non-hydrogen) atoms. The minimum atomic E-state index is -0.00810. The van der Waals surface area contributed by atoms with Crippen molar-refractivity contribution < 1.29 is 4.79 Å². The summed E-state index contributed by atoms with van der Waals surface area (Å²) in [4.78, 5) is 10.9. The van der Waals surface area contributed by atoms with Gasteiger partial charge in [0.2, 0.25) is 5.91 Å². The maximum Gasteiger partial charge on any atom is 0.221 e. The second kappa shape index (κ2) is 3.28. The fourth-order valence-electron chi connectivity index (χ4n) is 0.876. The first-order valence-electron chi connectivity index (χ1n) is 3.66. The van der Waals surface area contributed by atoms with Crippen LogP contribution in [-0.2, 0) is 4.79 Å². The van der Waals surface area contributed by atoms with E-state index in [1.807, 2.05) is 6.92 Å². The number of amides is 1. The highest BCUT2D eigenvalue weighted by atomic mass is 32.1. The monoisotopic (exact) mass is 159 g/mol. The normalized spacial score (nSPS) is 20.2. The van der Waals surface area contributed by atoms with E-state index in [4.69, 9.17) is 0 Å². The summed E-state index contributed by atoms with van der Waals surface area (Å²) in [5.41, 5.74) is 0. The van der Waals surface area contributed by atoms with E-state index in [2.05, 4.69) is 17.9 Å². The molecule has 0 heterocycles. The minimum Gasteiger partial charge on any atom is -0.345 e. The molecule has 1 rings (SSSR count). The Labute approximate surface area is 66.8 Å². The van der Waals surface area contributed by atoms with E-state index in [0.29, 0.717) is 12.3 Å². The molecule has 0 aromatic rings. The molecule has 1 aliphatic rings. The summed E-state index contributed by atoms with van der Waals surface area (Å²) in [6.45, 7) is 1.86. The first-order chi connectivity index (χ1) is 4.68. The minimum absolute atomic E-state index is 0.00810. The Morgan fingerprint density at radius 1 is 1.80 bits per heavy atom. The zero-order chi connectivity index (χ0) is 7.56. The van der Waals surface area contributed by atoms with Crippen molar-refractivity contribution in [3.63, 3.8) is 0 Å². The third-order valence-electron chi connectivity index (χ3n) is 1.54. The van der Waals surface area contributed by atoms with Gasteiger partial charge in [0.25, 0.3) is 0 Å². The van der Waals surface area contributed by atoms with Gasteiger partial charge in [0.05, 0.1) is 5.37 Å². The molecule has 0 aromatic heterocycles. The van der Waals surface area contributed by atoms with Gasteiger partial charge in [-0.3, -0.25) is 4.79 Å². The highest BCUT2D eigenvalue weighted by Crippen LogP contribution is 2.32. The summed E-state index contributed by atoms with van der Waals surface area (Å²) < 4.78 is 0. The first-order valence-corrected chi connectivity index (χ1v) is 4.17. The zero-order valence-corrected chi connectivity index (χ0v) is 7.03. The Balaban J connectivity index is 2.08. The number of carbonyl (C=O) groups is 1. The van der Waals surface area contributed by atoms with Crippen LogP contribution in [0.15, 0.2) is 0 Å². The summed E-state index contributed by atoms with van der Waals surface area (Å²) in [6, 6.07) is 0. The predicted octanol–water partition coefficient (Wildman–Crippen LogP) is 1.18. The molecule has 2 nitrogen and oxygen atoms in total. The van der Waals surface area contributed by atoms with E-state index in [1.54, 1.807) is 0 Å². The van der Waals surface area contributed by atoms with Crippen molar-refractivity contribution in [2.45, 2.75) is 31.6 Å². The highest BCUT2D eigenvalue weighted by Gasteiger charge is 2.24. The van der Waals surface area contributed by atoms with Crippen molar-refractivity contribution in [3.05, 3.63) is 0 Å². The van der Waals surface area contributed by atoms with Crippen LogP contribution in [0.25, 0.3) is 0 Å². The molecule has 0 radical (unpaired) electrons. The van der Waals surface area contributed by atoms with Crippen LogP contribution in [0.3, 0.4) is 0 Å². The quantitative estimate of drug-likeness (QED) is 0.470. The van der Waals surface area contributed by atoms with Crippen molar-refractivity contribution in [2.75, 3.05) is 0 Å². The van der Waals surface area contributed by atoms with Gasteiger partial charge in [0.1, 0.15) is 0 Å². The fourth-order valence-corrected chi connectivity index (χ4v) is 1.02. The van der Waals surface area contributed by atoms with Crippen molar-refractivity contribution in [3.8, 4) is 0 Å². The van der Waals surface area contributed by atoms with Gasteiger partial charge < -0.3 is 5.32 Å². The Morgan fingerprint density at radius 2 is 2.40 bits per heavy atom. The largest absolute Gasteiger partial charge is 0.345 e. The smallest absolute Gasteiger partial charge is 0.221 e. The number of rotatable bonds is 3. The Kier molecular flexibility index (Phi) is 2.60. The summed E-state index contributed by atoms with van der Waals surface area (Å²) in [5, 5.41) is 2.73. The van der Waals surface area contributed by atoms with Gasteiger partial charge in [-0.05, 0) is 25.7 Å². The van der Waals surface area contributed by atoms with Gasteiger partial charge in [-0.15, -0.1) is 0 Å². The van der Waals surface area contributed by atoms with E-state index in [-0.39, 0.29) is 11.3 Å². The topological polar surface area (TPSA) is 29.1 Å². The molecule has 1 N–H and O–H groups in total. The van der Waals surface area contributed by atoms with E-state index >= 15 is 0 Å². The van der Waals surface area contributed by atoms with E-state index < -0.39 is 0 Å². The number of hydrogen-bond donors (Lipinski definition) is 2. The van der Waals surface area contributed by atoms with Crippen LogP contribution in [0.1, 0.15) is 26.2 Å². The molecular weight excluding hydrogens is 146 g/mol. The van der Waals surface area contributed by atoms with Crippen LogP contribution in [0.4, 0.5) is 0 Å². The fraction of sp³-hybridized carbons (Fsp3) is 0.857. The molecule has 1 unspecified atom stereocenters. The Hall–Kier alpha value is -0.180. The van der Waals surface area contributed by atoms with Crippen LogP contribution in [0.5, 0.6) is 0 Å². The molecule has 0 aromatic carbocycles. The van der Waals surface area contributed by atoms with E-state index in [9.17, 15) is 4.79 Å². The van der Waals surface area contributed by atoms with Gasteiger partial charge in [-0.25, -0.2) is 0 Å². The van der Waals surface area contributed by atoms with E-state index in [0.717, 1.165) is 0 Å². The van der Waals surface area contributed by atoms with Crippen LogP contribution in [0.2, 0.25) is 0 Å². The lowest BCUT2D eigenvalue weighted by Gasteiger charge is -2.05. The molecule has 3 heteroatoms. The van der Waals surface area contributed by atoms with Crippen LogP contribution < -0.4 is 5.32 Å². The third kappa shape index (κ3) is 3.11. The van der Waals surface area contributed by atoms with Crippen LogP contribution in [-0.4, -0.2) is 11.3 Å². The number of thiol groups is 1. The van der Waals surface area contributed by atoms with Gasteiger partial charge in [-0.1, -0.05) is 0 Å². The number of nitrogens with one attached hydrogen (secondary N) is 1. The lowest BCUT2D eigenvalue weighted by molar-refractivity contribution is -0.121. The van der Waals surface area contributed by atoms with Crippen LogP contribution >= 0.6 is 12.6 Å². The SMILES string of the molecule is CC(S)NC(=O)CC1CC1. The molecule has 0 saturated heterocycles. The third-order valence-corrected chi connectivity index (χ3v) is 1.67. The van der Waals surface area contributed by atoms with Crippen molar-refractivity contribution >= 4 is 18.5 Å². The summed E-state index contributed by atoms with van der Waals surface area (Å²) >= 11 is 4.05. The Bertz CT molecular complexity index is 126. The molecule has 58 valence electrons. The molecule has 1 saturated carbocycles. The summed E-state index contributed by atoms with van der Waals surface area (Å²) in [6.07, 6.45) is 3.16. The average Bonchev–Trinajstić information content (AvgIpc) is 2.46. The lowest BCUT2D eigenvalue weighted by Crippen LogP contribution is -2.28. The van der Waals surface area contributed by atoms with E-state index in [1.165, 1.54) is 12.8 Å². The molecular formula is C7H13NOS. The summed E-state index contributed by atoms with van der Waals surface area (Å²) in [7, 11) is 0. The molecule has 0 aliphatic heterocycles. The highest BCUT2D eigenvalue weighted by molar-refractivity contribution is 7.80. The molecule has 1 fully saturated rings. The Morgan fingerprint density at radius 3 is 2.80 bits per heavy atom. The summed E-state index contributed by atoms with van der Waals surface area (Å²) in [5.74, 6) is 0.817. The second-order valence-corrected chi connectivity index (χ2v) is 3.67. The molecule has 1 amide bonds. The van der Waals surface area contributed by atoms with Crippen LogP contribution in [0, 0.1) is 5.92 Å². The predicted molar refractivity (Wildman–Crippen MR) is 43.9 cm³/mol.